The molecule has 0 saturated carbocycles. The second kappa shape index (κ2) is 9.32. The van der Waals surface area contributed by atoms with E-state index >= 15 is 0 Å². The van der Waals surface area contributed by atoms with E-state index in [1.54, 1.807) is 7.11 Å². The van der Waals surface area contributed by atoms with E-state index < -0.39 is 0 Å². The van der Waals surface area contributed by atoms with Crippen LogP contribution in [0.1, 0.15) is 18.4 Å². The summed E-state index contributed by atoms with van der Waals surface area (Å²) in [5.41, 5.74) is 1.40. The van der Waals surface area contributed by atoms with Gasteiger partial charge in [0.25, 0.3) is 0 Å². The fourth-order valence-electron chi connectivity index (χ4n) is 4.05. The number of likely N-dealkylation sites (tertiary alicyclic amines) is 1. The summed E-state index contributed by atoms with van der Waals surface area (Å²) in [6.45, 7) is 5.24. The first-order valence-corrected chi connectivity index (χ1v) is 9.40. The van der Waals surface area contributed by atoms with Crippen LogP contribution in [0.3, 0.4) is 0 Å². The fourth-order valence-corrected chi connectivity index (χ4v) is 4.05. The third-order valence-electron chi connectivity index (χ3n) is 5.45. The van der Waals surface area contributed by atoms with Gasteiger partial charge in [0.15, 0.2) is 0 Å². The summed E-state index contributed by atoms with van der Waals surface area (Å²) < 4.78 is 10.9. The van der Waals surface area contributed by atoms with E-state index in [1.165, 1.54) is 5.56 Å². The number of amides is 1. The first-order chi connectivity index (χ1) is 12.3. The Morgan fingerprint density at radius 1 is 1.36 bits per heavy atom. The number of carbonyl (C=O) groups excluding carboxylic acids is 1. The van der Waals surface area contributed by atoms with Crippen LogP contribution in [0.5, 0.6) is 0 Å². The maximum Gasteiger partial charge on any atom is 0.222 e. The van der Waals surface area contributed by atoms with Crippen LogP contribution >= 0.6 is 0 Å². The van der Waals surface area contributed by atoms with E-state index in [2.05, 4.69) is 40.5 Å². The van der Waals surface area contributed by atoms with Crippen molar-refractivity contribution in [2.24, 2.45) is 11.8 Å². The maximum absolute atomic E-state index is 12.0. The van der Waals surface area contributed by atoms with Crippen LogP contribution < -0.4 is 5.32 Å². The van der Waals surface area contributed by atoms with E-state index in [-0.39, 0.29) is 12.0 Å². The van der Waals surface area contributed by atoms with Crippen LogP contribution in [0.25, 0.3) is 0 Å². The van der Waals surface area contributed by atoms with Crippen LogP contribution in [0, 0.1) is 11.8 Å². The summed E-state index contributed by atoms with van der Waals surface area (Å²) in [6.07, 6.45) is 2.80. The van der Waals surface area contributed by atoms with Crippen molar-refractivity contribution in [3.63, 3.8) is 0 Å². The largest absolute Gasteiger partial charge is 0.383 e. The van der Waals surface area contributed by atoms with Gasteiger partial charge >= 0.3 is 0 Å². The summed E-state index contributed by atoms with van der Waals surface area (Å²) in [7, 11) is 1.64. The highest BCUT2D eigenvalue weighted by Gasteiger charge is 2.41. The highest BCUT2D eigenvalue weighted by atomic mass is 16.5. The first kappa shape index (κ1) is 18.4. The minimum atomic E-state index is 0.0780. The molecule has 2 heterocycles. The van der Waals surface area contributed by atoms with Gasteiger partial charge in [0.1, 0.15) is 0 Å². The van der Waals surface area contributed by atoms with Crippen molar-refractivity contribution in [2.45, 2.75) is 25.4 Å². The zero-order valence-corrected chi connectivity index (χ0v) is 15.2. The summed E-state index contributed by atoms with van der Waals surface area (Å²) in [6, 6.07) is 10.7. The molecule has 0 aliphatic carbocycles. The SMILES string of the molecule is COCCNC(=O)C[C@H]1OC[C@H]2CN(CCc3ccccc3)CC[C@H]21. The standard InChI is InChI=1S/C20H30N2O3/c1-24-12-9-21-20(23)13-19-18-8-11-22(14-17(18)15-25-19)10-7-16-5-3-2-4-6-16/h2-6,17-19H,7-15H2,1H3,(H,21,23)/t17-,18-,19-/m1/s1. The Morgan fingerprint density at radius 3 is 3.00 bits per heavy atom. The lowest BCUT2D eigenvalue weighted by atomic mass is 9.83. The zero-order chi connectivity index (χ0) is 17.5. The number of rotatable bonds is 8. The van der Waals surface area contributed by atoms with Crippen LogP contribution in [0.15, 0.2) is 30.3 Å². The third-order valence-corrected chi connectivity index (χ3v) is 5.45. The lowest BCUT2D eigenvalue weighted by molar-refractivity contribution is -0.124. The normalized spacial score (nSPS) is 26.4. The number of nitrogens with zero attached hydrogens (tertiary/aromatic N) is 1. The molecule has 1 N–H and O–H groups in total. The third kappa shape index (κ3) is 5.27. The second-order valence-corrected chi connectivity index (χ2v) is 7.17. The van der Waals surface area contributed by atoms with Gasteiger partial charge < -0.3 is 19.7 Å². The van der Waals surface area contributed by atoms with Gasteiger partial charge in [0.2, 0.25) is 5.91 Å². The quantitative estimate of drug-likeness (QED) is 0.728. The molecule has 2 fully saturated rings. The average Bonchev–Trinajstić information content (AvgIpc) is 3.03. The van der Waals surface area contributed by atoms with Crippen LogP contribution in [-0.2, 0) is 20.7 Å². The van der Waals surface area contributed by atoms with Gasteiger partial charge in [-0.1, -0.05) is 30.3 Å². The van der Waals surface area contributed by atoms with Crippen LogP contribution in [-0.4, -0.2) is 63.4 Å². The van der Waals surface area contributed by atoms with Gasteiger partial charge in [-0.3, -0.25) is 4.79 Å². The van der Waals surface area contributed by atoms with Crippen molar-refractivity contribution < 1.29 is 14.3 Å². The topological polar surface area (TPSA) is 50.8 Å². The average molecular weight is 346 g/mol. The van der Waals surface area contributed by atoms with Crippen molar-refractivity contribution in [3.05, 3.63) is 35.9 Å². The van der Waals surface area contributed by atoms with E-state index in [4.69, 9.17) is 9.47 Å². The van der Waals surface area contributed by atoms with Gasteiger partial charge in [0.05, 0.1) is 25.7 Å². The number of carbonyl (C=O) groups is 1. The molecule has 2 saturated heterocycles. The Balaban J connectivity index is 1.41. The highest BCUT2D eigenvalue weighted by molar-refractivity contribution is 5.76. The molecule has 138 valence electrons. The molecule has 2 aliphatic heterocycles. The maximum atomic E-state index is 12.0. The Labute approximate surface area is 150 Å². The van der Waals surface area contributed by atoms with Crippen LogP contribution in [0.2, 0.25) is 0 Å². The lowest BCUT2D eigenvalue weighted by Gasteiger charge is -2.35. The molecule has 25 heavy (non-hydrogen) atoms. The fraction of sp³-hybridized carbons (Fsp3) is 0.650. The summed E-state index contributed by atoms with van der Waals surface area (Å²) in [5, 5.41) is 2.90. The lowest BCUT2D eigenvalue weighted by Crippen LogP contribution is -2.43. The Morgan fingerprint density at radius 2 is 2.20 bits per heavy atom. The molecule has 3 atom stereocenters. The van der Waals surface area contributed by atoms with Crippen molar-refractivity contribution in [3.8, 4) is 0 Å². The molecule has 5 nitrogen and oxygen atoms in total. The summed E-state index contributed by atoms with van der Waals surface area (Å²) >= 11 is 0. The minimum Gasteiger partial charge on any atom is -0.383 e. The Kier molecular flexibility index (Phi) is 6.84. The number of hydrogen-bond acceptors (Lipinski definition) is 4. The van der Waals surface area contributed by atoms with Crippen LogP contribution in [0.4, 0.5) is 0 Å². The number of hydrogen-bond donors (Lipinski definition) is 1. The summed E-state index contributed by atoms with van der Waals surface area (Å²) in [4.78, 5) is 14.6. The van der Waals surface area contributed by atoms with Crippen molar-refractivity contribution in [1.82, 2.24) is 10.2 Å². The molecule has 0 bridgehead atoms. The Bertz CT molecular complexity index is 537. The first-order valence-electron chi connectivity index (χ1n) is 9.40. The van der Waals surface area contributed by atoms with E-state index in [9.17, 15) is 4.79 Å². The zero-order valence-electron chi connectivity index (χ0n) is 15.2. The monoisotopic (exact) mass is 346 g/mol. The molecule has 0 radical (unpaired) electrons. The number of benzene rings is 1. The smallest absolute Gasteiger partial charge is 0.222 e. The van der Waals surface area contributed by atoms with E-state index in [0.29, 0.717) is 31.4 Å². The number of piperidine rings is 1. The molecule has 5 heteroatoms. The predicted octanol–water partition coefficient (Wildman–Crippen LogP) is 1.72. The molecule has 2 aliphatic rings. The molecule has 0 unspecified atom stereocenters. The van der Waals surface area contributed by atoms with Crippen molar-refractivity contribution >= 4 is 5.91 Å². The van der Waals surface area contributed by atoms with Crippen molar-refractivity contribution in [2.75, 3.05) is 46.5 Å². The number of methoxy groups -OCH3 is 1. The molecule has 0 spiro atoms. The second-order valence-electron chi connectivity index (χ2n) is 7.17. The molecular formula is C20H30N2O3. The number of ether oxygens (including phenoxy) is 2. The summed E-state index contributed by atoms with van der Waals surface area (Å²) in [5.74, 6) is 1.18. The number of nitrogens with one attached hydrogen (secondary N) is 1. The van der Waals surface area contributed by atoms with E-state index in [1.807, 2.05) is 0 Å². The molecule has 0 aromatic heterocycles. The van der Waals surface area contributed by atoms with Gasteiger partial charge in [-0.2, -0.15) is 0 Å². The van der Waals surface area contributed by atoms with Gasteiger partial charge in [0, 0.05) is 32.7 Å². The van der Waals surface area contributed by atoms with E-state index in [0.717, 1.165) is 39.1 Å². The van der Waals surface area contributed by atoms with Gasteiger partial charge in [-0.05, 0) is 30.9 Å². The van der Waals surface area contributed by atoms with Gasteiger partial charge in [-0.15, -0.1) is 0 Å². The minimum absolute atomic E-state index is 0.0780. The van der Waals surface area contributed by atoms with Crippen molar-refractivity contribution in [1.29, 1.82) is 0 Å². The molecular weight excluding hydrogens is 316 g/mol. The molecule has 1 amide bonds. The Hall–Kier alpha value is -1.43. The predicted molar refractivity (Wildman–Crippen MR) is 97.4 cm³/mol. The highest BCUT2D eigenvalue weighted by Crippen LogP contribution is 2.35. The molecule has 1 aromatic rings. The molecule has 3 rings (SSSR count). The van der Waals surface area contributed by atoms with Gasteiger partial charge in [-0.25, -0.2) is 0 Å². The number of fused-ring (bicyclic) bond motifs is 1. The molecule has 1 aromatic carbocycles.